The number of phenols is 2. The van der Waals surface area contributed by atoms with Gasteiger partial charge in [0.25, 0.3) is 0 Å². The van der Waals surface area contributed by atoms with Gasteiger partial charge in [0.15, 0.2) is 0 Å². The summed E-state index contributed by atoms with van der Waals surface area (Å²) in [6.45, 7) is 0. The molecule has 9 heteroatoms. The Morgan fingerprint density at radius 3 is 2.54 bits per heavy atom. The maximum Gasteiger partial charge on any atom is 0.347 e. The Bertz CT molecular complexity index is 967. The van der Waals surface area contributed by atoms with Gasteiger partial charge in [0, 0.05) is 23.8 Å². The number of carboxylic acids is 1. The fraction of sp³-hybridized carbons (Fsp3) is 0.133. The molecule has 0 bridgehead atoms. The van der Waals surface area contributed by atoms with Gasteiger partial charge in [-0.15, -0.1) is 0 Å². The Morgan fingerprint density at radius 1 is 1.17 bits per heavy atom. The summed E-state index contributed by atoms with van der Waals surface area (Å²) in [6, 6.07) is 1.94. The number of aliphatic carboxylic acids is 1. The SMILES string of the molecule is O=C(O)CC1OC(=O)C=C1c1c(O)c2c(O)cc(O)cc2oc1=O. The first-order chi connectivity index (χ1) is 11.3. The third-order valence-electron chi connectivity index (χ3n) is 3.47. The molecule has 0 saturated carbocycles. The first-order valence-electron chi connectivity index (χ1n) is 6.64. The third kappa shape index (κ3) is 2.41. The summed E-state index contributed by atoms with van der Waals surface area (Å²) < 4.78 is 9.75. The van der Waals surface area contributed by atoms with E-state index in [9.17, 15) is 29.7 Å². The van der Waals surface area contributed by atoms with Gasteiger partial charge in [-0.05, 0) is 0 Å². The Kier molecular flexibility index (Phi) is 3.40. The molecule has 1 aromatic carbocycles. The average molecular weight is 334 g/mol. The summed E-state index contributed by atoms with van der Waals surface area (Å²) in [5.74, 6) is -3.81. The molecule has 0 radical (unpaired) electrons. The number of carboxylic acid groups (broad SMARTS) is 1. The number of ether oxygens (including phenoxy) is 1. The van der Waals surface area contributed by atoms with E-state index >= 15 is 0 Å². The van der Waals surface area contributed by atoms with E-state index in [-0.39, 0.29) is 16.5 Å². The lowest BCUT2D eigenvalue weighted by atomic mass is 9.98. The fourth-order valence-electron chi connectivity index (χ4n) is 2.53. The summed E-state index contributed by atoms with van der Waals surface area (Å²) in [6.07, 6.45) is -1.01. The van der Waals surface area contributed by atoms with Gasteiger partial charge in [-0.1, -0.05) is 0 Å². The van der Waals surface area contributed by atoms with E-state index in [1.54, 1.807) is 0 Å². The number of aromatic hydroxyl groups is 3. The summed E-state index contributed by atoms with van der Waals surface area (Å²) in [5, 5.41) is 38.2. The second kappa shape index (κ2) is 5.30. The minimum absolute atomic E-state index is 0.164. The highest BCUT2D eigenvalue weighted by Crippen LogP contribution is 2.40. The lowest BCUT2D eigenvalue weighted by Gasteiger charge is -2.13. The summed E-state index contributed by atoms with van der Waals surface area (Å²) >= 11 is 0. The molecule has 124 valence electrons. The molecule has 2 heterocycles. The van der Waals surface area contributed by atoms with E-state index in [2.05, 4.69) is 0 Å². The fourth-order valence-corrected chi connectivity index (χ4v) is 2.53. The van der Waals surface area contributed by atoms with Crippen LogP contribution in [0, 0.1) is 0 Å². The Labute approximate surface area is 132 Å². The second-order valence-corrected chi connectivity index (χ2v) is 5.07. The van der Waals surface area contributed by atoms with Crippen molar-refractivity contribution in [2.75, 3.05) is 0 Å². The van der Waals surface area contributed by atoms with Crippen molar-refractivity contribution < 1.29 is 39.2 Å². The van der Waals surface area contributed by atoms with Crippen molar-refractivity contribution in [3.8, 4) is 17.2 Å². The number of fused-ring (bicyclic) bond motifs is 1. The molecular weight excluding hydrogens is 324 g/mol. The summed E-state index contributed by atoms with van der Waals surface area (Å²) in [5.41, 5.74) is -2.01. The molecule has 1 atom stereocenters. The van der Waals surface area contributed by atoms with Crippen LogP contribution in [0.25, 0.3) is 16.5 Å². The molecule has 0 amide bonds. The highest BCUT2D eigenvalue weighted by Gasteiger charge is 2.34. The first-order valence-corrected chi connectivity index (χ1v) is 6.64. The van der Waals surface area contributed by atoms with Gasteiger partial charge in [0.2, 0.25) is 0 Å². The number of carbonyl (C=O) groups is 2. The van der Waals surface area contributed by atoms with Crippen molar-refractivity contribution >= 4 is 28.5 Å². The van der Waals surface area contributed by atoms with Crippen LogP contribution in [0.5, 0.6) is 17.2 Å². The maximum absolute atomic E-state index is 12.2. The number of esters is 1. The van der Waals surface area contributed by atoms with Crippen LogP contribution >= 0.6 is 0 Å². The van der Waals surface area contributed by atoms with Gasteiger partial charge in [-0.3, -0.25) is 4.79 Å². The Balaban J connectivity index is 2.26. The van der Waals surface area contributed by atoms with Crippen LogP contribution in [0.2, 0.25) is 0 Å². The number of hydrogen-bond donors (Lipinski definition) is 4. The van der Waals surface area contributed by atoms with Gasteiger partial charge >= 0.3 is 17.6 Å². The Hall–Kier alpha value is -3.49. The second-order valence-electron chi connectivity index (χ2n) is 5.07. The van der Waals surface area contributed by atoms with Crippen LogP contribution in [-0.4, -0.2) is 38.5 Å². The van der Waals surface area contributed by atoms with Crippen LogP contribution < -0.4 is 5.63 Å². The molecule has 1 unspecified atom stereocenters. The molecule has 9 nitrogen and oxygen atoms in total. The molecule has 1 aliphatic heterocycles. The average Bonchev–Trinajstić information content (AvgIpc) is 2.77. The van der Waals surface area contributed by atoms with Crippen LogP contribution in [0.4, 0.5) is 0 Å². The standard InChI is InChI=1S/C15H10O9/c16-5-1-7(17)13-9(2-5)24-15(22)12(14(13)21)6-3-11(20)23-8(6)4-10(18)19/h1-3,8,16-17,21H,4H2,(H,18,19). The van der Waals surface area contributed by atoms with Crippen LogP contribution in [-0.2, 0) is 14.3 Å². The van der Waals surface area contributed by atoms with Crippen molar-refractivity contribution in [2.45, 2.75) is 12.5 Å². The van der Waals surface area contributed by atoms with Gasteiger partial charge in [-0.25, -0.2) is 9.59 Å². The molecule has 1 aromatic heterocycles. The van der Waals surface area contributed by atoms with Gasteiger partial charge in [0.05, 0.1) is 6.42 Å². The quantitative estimate of drug-likeness (QED) is 0.468. The van der Waals surface area contributed by atoms with Crippen molar-refractivity contribution in [1.82, 2.24) is 0 Å². The minimum atomic E-state index is -1.28. The number of phenolic OH excluding ortho intramolecular Hbond substituents is 2. The molecule has 0 saturated heterocycles. The highest BCUT2D eigenvalue weighted by atomic mass is 16.5. The largest absolute Gasteiger partial charge is 0.508 e. The topological polar surface area (TPSA) is 154 Å². The highest BCUT2D eigenvalue weighted by molar-refractivity contribution is 6.02. The molecule has 0 fully saturated rings. The lowest BCUT2D eigenvalue weighted by Crippen LogP contribution is -2.19. The van der Waals surface area contributed by atoms with E-state index < -0.39 is 52.9 Å². The number of benzene rings is 1. The van der Waals surface area contributed by atoms with E-state index in [1.807, 2.05) is 0 Å². The number of rotatable bonds is 3. The van der Waals surface area contributed by atoms with Gasteiger partial charge in [0.1, 0.15) is 39.9 Å². The predicted molar refractivity (Wildman–Crippen MR) is 77.6 cm³/mol. The predicted octanol–water partition coefficient (Wildman–Crippen LogP) is 0.693. The van der Waals surface area contributed by atoms with Crippen LogP contribution in [0.1, 0.15) is 12.0 Å². The normalized spacial score (nSPS) is 16.9. The summed E-state index contributed by atoms with van der Waals surface area (Å²) in [7, 11) is 0. The molecule has 3 rings (SSSR count). The molecule has 2 aromatic rings. The van der Waals surface area contributed by atoms with Crippen molar-refractivity contribution in [3.63, 3.8) is 0 Å². The minimum Gasteiger partial charge on any atom is -0.508 e. The van der Waals surface area contributed by atoms with Crippen molar-refractivity contribution in [2.24, 2.45) is 0 Å². The molecular formula is C15H10O9. The van der Waals surface area contributed by atoms with Gasteiger partial charge in [-0.2, -0.15) is 0 Å². The number of hydrogen-bond acceptors (Lipinski definition) is 8. The van der Waals surface area contributed by atoms with Crippen molar-refractivity contribution in [1.29, 1.82) is 0 Å². The number of carbonyl (C=O) groups excluding carboxylic acids is 1. The number of cyclic esters (lactones) is 1. The Morgan fingerprint density at radius 2 is 1.88 bits per heavy atom. The van der Waals surface area contributed by atoms with Crippen LogP contribution in [0.3, 0.4) is 0 Å². The molecule has 24 heavy (non-hydrogen) atoms. The maximum atomic E-state index is 12.2. The zero-order valence-corrected chi connectivity index (χ0v) is 11.8. The zero-order chi connectivity index (χ0) is 17.6. The lowest BCUT2D eigenvalue weighted by molar-refractivity contribution is -0.144. The molecule has 1 aliphatic rings. The van der Waals surface area contributed by atoms with Crippen LogP contribution in [0.15, 0.2) is 27.4 Å². The smallest absolute Gasteiger partial charge is 0.347 e. The third-order valence-corrected chi connectivity index (χ3v) is 3.47. The van der Waals surface area contributed by atoms with E-state index in [0.717, 1.165) is 18.2 Å². The van der Waals surface area contributed by atoms with E-state index in [0.29, 0.717) is 0 Å². The molecule has 0 aliphatic carbocycles. The van der Waals surface area contributed by atoms with E-state index in [1.165, 1.54) is 0 Å². The molecule has 0 spiro atoms. The van der Waals surface area contributed by atoms with Gasteiger partial charge < -0.3 is 29.6 Å². The monoisotopic (exact) mass is 334 g/mol. The zero-order valence-electron chi connectivity index (χ0n) is 11.8. The van der Waals surface area contributed by atoms with E-state index in [4.69, 9.17) is 14.3 Å². The van der Waals surface area contributed by atoms with Crippen molar-refractivity contribution in [3.05, 3.63) is 34.2 Å². The molecule has 4 N–H and O–H groups in total. The first kappa shape index (κ1) is 15.4. The summed E-state index contributed by atoms with van der Waals surface area (Å²) in [4.78, 5) is 34.4.